The second-order valence-electron chi connectivity index (χ2n) is 10.4. The maximum atomic E-state index is 13.9. The molecule has 7 nitrogen and oxygen atoms in total. The number of para-hydroxylation sites is 1. The van der Waals surface area contributed by atoms with Crippen molar-refractivity contribution in [1.29, 1.82) is 0 Å². The van der Waals surface area contributed by atoms with Crippen LogP contribution in [-0.4, -0.2) is 27.5 Å². The number of aromatic nitrogens is 1. The lowest BCUT2D eigenvalue weighted by molar-refractivity contribution is -0.138. The van der Waals surface area contributed by atoms with Crippen LogP contribution < -0.4 is 15.1 Å². The number of thioether (sulfide) groups is 1. The molecule has 0 spiro atoms. The number of carbonyl (C=O) groups excluding carboxylic acids is 3. The Kier molecular flexibility index (Phi) is 8.05. The fraction of sp³-hybridized carbons (Fsp3) is 0.200. The minimum Gasteiger partial charge on any atom is -0.324 e. The molecule has 1 N–H and O–H groups in total. The average molecular weight is 698 g/mol. The van der Waals surface area contributed by atoms with Crippen molar-refractivity contribution in [3.05, 3.63) is 109 Å². The van der Waals surface area contributed by atoms with E-state index in [2.05, 4.69) is 5.32 Å². The molecule has 3 atom stereocenters. The highest BCUT2D eigenvalue weighted by molar-refractivity contribution is 8.00. The van der Waals surface area contributed by atoms with E-state index in [4.69, 9.17) is 11.6 Å². The summed E-state index contributed by atoms with van der Waals surface area (Å²) in [5, 5.41) is 1.48. The molecule has 2 aliphatic heterocycles. The van der Waals surface area contributed by atoms with Crippen LogP contribution in [0, 0.1) is 5.92 Å². The number of alkyl halides is 6. The van der Waals surface area contributed by atoms with Crippen LogP contribution in [0.25, 0.3) is 0 Å². The van der Waals surface area contributed by atoms with Gasteiger partial charge in [0.15, 0.2) is 0 Å². The number of carbonyl (C=O) groups is 3. The zero-order valence-electron chi connectivity index (χ0n) is 22.9. The Hall–Kier alpha value is -4.08. The molecule has 0 radical (unpaired) electrons. The van der Waals surface area contributed by atoms with Crippen LogP contribution in [-0.2, 0) is 33.3 Å². The molecule has 3 heterocycles. The summed E-state index contributed by atoms with van der Waals surface area (Å²) in [7, 11) is 0. The molecule has 1 aromatic heterocycles. The van der Waals surface area contributed by atoms with Gasteiger partial charge in [0.1, 0.15) is 11.8 Å². The van der Waals surface area contributed by atoms with Gasteiger partial charge in [-0.1, -0.05) is 65.0 Å². The summed E-state index contributed by atoms with van der Waals surface area (Å²) in [6, 6.07) is 14.3. The number of amides is 3. The van der Waals surface area contributed by atoms with Gasteiger partial charge in [-0.15, -0.1) is 0 Å². The number of nitrogens with one attached hydrogen (secondary N) is 1. The van der Waals surface area contributed by atoms with Crippen molar-refractivity contribution in [3.63, 3.8) is 0 Å². The van der Waals surface area contributed by atoms with Crippen LogP contribution in [0.1, 0.15) is 27.5 Å². The minimum atomic E-state index is -4.76. The van der Waals surface area contributed by atoms with E-state index in [1.54, 1.807) is 12.1 Å². The van der Waals surface area contributed by atoms with Gasteiger partial charge >= 0.3 is 17.2 Å². The third kappa shape index (κ3) is 5.71. The zero-order chi connectivity index (χ0) is 33.1. The van der Waals surface area contributed by atoms with Gasteiger partial charge in [-0.25, -0.2) is 4.90 Å². The highest BCUT2D eigenvalue weighted by Gasteiger charge is 2.57. The predicted molar refractivity (Wildman–Crippen MR) is 159 cm³/mol. The average Bonchev–Trinajstić information content (AvgIpc) is 3.43. The Bertz CT molecular complexity index is 1940. The van der Waals surface area contributed by atoms with Gasteiger partial charge in [0.05, 0.1) is 33.4 Å². The fourth-order valence-corrected chi connectivity index (χ4v) is 8.43. The second kappa shape index (κ2) is 11.6. The van der Waals surface area contributed by atoms with Crippen LogP contribution >= 0.6 is 34.7 Å². The largest absolute Gasteiger partial charge is 0.418 e. The normalized spacial score (nSPS) is 19.6. The predicted octanol–water partition coefficient (Wildman–Crippen LogP) is 7.04. The summed E-state index contributed by atoms with van der Waals surface area (Å²) in [4.78, 5) is 54.3. The molecule has 1 saturated heterocycles. The first-order valence-electron chi connectivity index (χ1n) is 13.3. The monoisotopic (exact) mass is 697 g/mol. The Balaban J connectivity index is 1.40. The first kappa shape index (κ1) is 31.9. The van der Waals surface area contributed by atoms with Crippen LogP contribution in [0.4, 0.5) is 37.7 Å². The number of thiazole rings is 1. The molecule has 1 fully saturated rings. The molecule has 4 aromatic rings. The van der Waals surface area contributed by atoms with Gasteiger partial charge in [0.25, 0.3) is 0 Å². The zero-order valence-corrected chi connectivity index (χ0v) is 25.2. The molecule has 2 aliphatic rings. The highest BCUT2D eigenvalue weighted by atomic mass is 35.5. The van der Waals surface area contributed by atoms with Crippen LogP contribution in [0.5, 0.6) is 0 Å². The molecular weight excluding hydrogens is 680 g/mol. The minimum absolute atomic E-state index is 0.141. The van der Waals surface area contributed by atoms with E-state index < -0.39 is 75.4 Å². The topological polar surface area (TPSA) is 88.5 Å². The lowest BCUT2D eigenvalue weighted by atomic mass is 9.83. The van der Waals surface area contributed by atoms with Crippen LogP contribution in [0.2, 0.25) is 5.02 Å². The number of fused-ring (bicyclic) bond motifs is 2. The maximum absolute atomic E-state index is 13.9. The maximum Gasteiger partial charge on any atom is 0.418 e. The number of halogens is 7. The molecule has 16 heteroatoms. The standard InChI is InChI=1S/C30H18ClF6N3O4S2/c31-16-10-8-14(9-11-16)21-22-23(26(43)40(25(22)42)17-5-3-4-15(12-17)29(32,33)34)45-27-24(21)46-28(44)39(27)13-20(41)38-19-7-2-1-6-18(19)30(35,36)37/h1-12,21-23H,13H2,(H,38,41)/t21-,22?,23?/m1/s1. The third-order valence-corrected chi connectivity index (χ3v) is 10.4. The van der Waals surface area contributed by atoms with E-state index >= 15 is 0 Å². The molecule has 46 heavy (non-hydrogen) atoms. The van der Waals surface area contributed by atoms with Crippen molar-refractivity contribution in [3.8, 4) is 0 Å². The Morgan fingerprint density at radius 2 is 1.57 bits per heavy atom. The van der Waals surface area contributed by atoms with Crippen molar-refractivity contribution in [2.75, 3.05) is 10.2 Å². The van der Waals surface area contributed by atoms with E-state index in [1.807, 2.05) is 0 Å². The van der Waals surface area contributed by atoms with E-state index in [0.29, 0.717) is 37.8 Å². The Morgan fingerprint density at radius 3 is 2.24 bits per heavy atom. The van der Waals surface area contributed by atoms with Gasteiger partial charge in [-0.2, -0.15) is 26.3 Å². The number of anilines is 2. The van der Waals surface area contributed by atoms with E-state index in [-0.39, 0.29) is 10.7 Å². The lowest BCUT2D eigenvalue weighted by Crippen LogP contribution is -2.33. The van der Waals surface area contributed by atoms with Gasteiger partial charge < -0.3 is 5.32 Å². The molecule has 6 rings (SSSR count). The number of rotatable bonds is 5. The number of imide groups is 1. The molecule has 0 saturated carbocycles. The molecule has 0 aliphatic carbocycles. The van der Waals surface area contributed by atoms with Gasteiger partial charge in [-0.05, 0) is 48.0 Å². The van der Waals surface area contributed by atoms with Crippen molar-refractivity contribution in [1.82, 2.24) is 4.57 Å². The molecule has 3 amide bonds. The Morgan fingerprint density at radius 1 is 0.870 bits per heavy atom. The number of hydrogen-bond donors (Lipinski definition) is 1. The summed E-state index contributed by atoms with van der Waals surface area (Å²) in [5.41, 5.74) is -2.47. The molecule has 3 aromatic carbocycles. The molecule has 238 valence electrons. The first-order valence-corrected chi connectivity index (χ1v) is 15.4. The summed E-state index contributed by atoms with van der Waals surface area (Å²) >= 11 is 7.57. The van der Waals surface area contributed by atoms with Crippen molar-refractivity contribution in [2.24, 2.45) is 5.92 Å². The summed E-state index contributed by atoms with van der Waals surface area (Å²) in [5.74, 6) is -4.62. The summed E-state index contributed by atoms with van der Waals surface area (Å²) in [6.07, 6.45) is -9.50. The summed E-state index contributed by atoms with van der Waals surface area (Å²) in [6.45, 7) is -0.714. The van der Waals surface area contributed by atoms with Gasteiger partial charge in [0.2, 0.25) is 17.7 Å². The highest BCUT2D eigenvalue weighted by Crippen LogP contribution is 2.54. The van der Waals surface area contributed by atoms with E-state index in [9.17, 15) is 45.5 Å². The smallest absolute Gasteiger partial charge is 0.324 e. The molecule has 0 bridgehead atoms. The molecule has 2 unspecified atom stereocenters. The number of nitrogens with zero attached hydrogens (tertiary/aromatic N) is 2. The SMILES string of the molecule is O=C(Cn1c2c(sc1=O)[C@H](c1ccc(Cl)cc1)C1C(=O)N(c3cccc(C(F)(F)F)c3)C(=O)C1S2)Nc1ccccc1C(F)(F)F. The molecular formula is C30H18ClF6N3O4S2. The number of benzene rings is 3. The quantitative estimate of drug-likeness (QED) is 0.179. The van der Waals surface area contributed by atoms with Crippen molar-refractivity contribution in [2.45, 2.75) is 35.1 Å². The fourth-order valence-electron chi connectivity index (χ4n) is 5.53. The number of hydrogen-bond acceptors (Lipinski definition) is 6. The van der Waals surface area contributed by atoms with Crippen LogP contribution in [0.3, 0.4) is 0 Å². The summed E-state index contributed by atoms with van der Waals surface area (Å²) < 4.78 is 81.9. The lowest BCUT2D eigenvalue weighted by Gasteiger charge is -2.30. The van der Waals surface area contributed by atoms with E-state index in [1.165, 1.54) is 24.3 Å². The first-order chi connectivity index (χ1) is 21.6. The Labute approximate surface area is 268 Å². The second-order valence-corrected chi connectivity index (χ2v) is 12.9. The third-order valence-electron chi connectivity index (χ3n) is 7.52. The van der Waals surface area contributed by atoms with Gasteiger partial charge in [-0.3, -0.25) is 23.7 Å². The van der Waals surface area contributed by atoms with E-state index in [0.717, 1.165) is 46.7 Å². The van der Waals surface area contributed by atoms with Crippen molar-refractivity contribution < 1.29 is 40.7 Å². The van der Waals surface area contributed by atoms with Gasteiger partial charge in [0, 0.05) is 15.8 Å². The van der Waals surface area contributed by atoms with Crippen molar-refractivity contribution >= 4 is 63.8 Å². The van der Waals surface area contributed by atoms with Crippen LogP contribution in [0.15, 0.2) is 82.6 Å².